The molecule has 0 atom stereocenters. The molecule has 1 aromatic rings. The average molecular weight is 282 g/mol. The van der Waals surface area contributed by atoms with Gasteiger partial charge in [0.25, 0.3) is 0 Å². The number of nitrogens with zero attached hydrogens (tertiary/aromatic N) is 4. The van der Waals surface area contributed by atoms with Crippen LogP contribution in [-0.4, -0.2) is 58.9 Å². The van der Waals surface area contributed by atoms with Crippen LogP contribution in [0.4, 0.5) is 5.82 Å². The van der Waals surface area contributed by atoms with E-state index in [0.717, 1.165) is 6.54 Å². The molecule has 1 aromatic heterocycles. The quantitative estimate of drug-likeness (QED) is 0.707. The summed E-state index contributed by atoms with van der Waals surface area (Å²) in [5, 5.41) is 13.0. The Bertz CT molecular complexity index is 455. The standard InChI is InChI=1S/C12H22N6O2/c1-9(2)12(20)14-10-7-18(16-15-10)8-11(19)13-5-6-17(3)4/h7,9H,5-6,8H2,1-4H3,(H,13,19)(H,14,20). The molecule has 0 aromatic carbocycles. The molecule has 8 nitrogen and oxygen atoms in total. The van der Waals surface area contributed by atoms with Crippen molar-refractivity contribution in [1.29, 1.82) is 0 Å². The van der Waals surface area contributed by atoms with Gasteiger partial charge in [0.2, 0.25) is 11.8 Å². The van der Waals surface area contributed by atoms with E-state index >= 15 is 0 Å². The lowest BCUT2D eigenvalue weighted by Crippen LogP contribution is -2.33. The van der Waals surface area contributed by atoms with E-state index < -0.39 is 0 Å². The summed E-state index contributed by atoms with van der Waals surface area (Å²) in [4.78, 5) is 25.1. The van der Waals surface area contributed by atoms with Crippen LogP contribution in [0.15, 0.2) is 6.20 Å². The Kier molecular flexibility index (Phi) is 6.10. The maximum absolute atomic E-state index is 11.6. The third-order valence-electron chi connectivity index (χ3n) is 2.50. The Labute approximate surface area is 118 Å². The van der Waals surface area contributed by atoms with E-state index in [1.807, 2.05) is 19.0 Å². The van der Waals surface area contributed by atoms with Crippen LogP contribution >= 0.6 is 0 Å². The summed E-state index contributed by atoms with van der Waals surface area (Å²) >= 11 is 0. The summed E-state index contributed by atoms with van der Waals surface area (Å²) in [5.41, 5.74) is 0. The number of nitrogens with one attached hydrogen (secondary N) is 2. The average Bonchev–Trinajstić information content (AvgIpc) is 2.75. The van der Waals surface area contributed by atoms with Crippen molar-refractivity contribution in [2.75, 3.05) is 32.5 Å². The number of likely N-dealkylation sites (N-methyl/N-ethyl adjacent to an activating group) is 1. The van der Waals surface area contributed by atoms with Crippen molar-refractivity contribution in [3.63, 3.8) is 0 Å². The van der Waals surface area contributed by atoms with Crippen LogP contribution in [0.25, 0.3) is 0 Å². The molecule has 0 aliphatic rings. The van der Waals surface area contributed by atoms with Gasteiger partial charge in [-0.1, -0.05) is 19.1 Å². The van der Waals surface area contributed by atoms with Crippen LogP contribution in [0.1, 0.15) is 13.8 Å². The van der Waals surface area contributed by atoms with E-state index in [1.54, 1.807) is 13.8 Å². The molecule has 0 radical (unpaired) electrons. The SMILES string of the molecule is CC(C)C(=O)Nc1cn(CC(=O)NCCN(C)C)nn1. The predicted octanol–water partition coefficient (Wildman–Crippen LogP) is -0.450. The summed E-state index contributed by atoms with van der Waals surface area (Å²) in [5.74, 6) is -0.0507. The second-order valence-electron chi connectivity index (χ2n) is 5.10. The lowest BCUT2D eigenvalue weighted by molar-refractivity contribution is -0.122. The fourth-order valence-corrected chi connectivity index (χ4v) is 1.33. The predicted molar refractivity (Wildman–Crippen MR) is 75.1 cm³/mol. The Morgan fingerprint density at radius 1 is 1.40 bits per heavy atom. The Hall–Kier alpha value is -1.96. The van der Waals surface area contributed by atoms with E-state index in [9.17, 15) is 9.59 Å². The van der Waals surface area contributed by atoms with Crippen molar-refractivity contribution >= 4 is 17.6 Å². The van der Waals surface area contributed by atoms with Crippen LogP contribution in [0.3, 0.4) is 0 Å². The van der Waals surface area contributed by atoms with E-state index in [-0.39, 0.29) is 24.3 Å². The molecule has 0 saturated carbocycles. The molecule has 0 bridgehead atoms. The Balaban J connectivity index is 2.40. The minimum Gasteiger partial charge on any atom is -0.353 e. The van der Waals surface area contributed by atoms with Gasteiger partial charge in [0.15, 0.2) is 5.82 Å². The number of carbonyl (C=O) groups is 2. The normalized spacial score (nSPS) is 10.9. The molecule has 2 N–H and O–H groups in total. The van der Waals surface area contributed by atoms with Crippen molar-refractivity contribution in [1.82, 2.24) is 25.2 Å². The van der Waals surface area contributed by atoms with Crippen molar-refractivity contribution in [3.05, 3.63) is 6.20 Å². The van der Waals surface area contributed by atoms with Gasteiger partial charge in [0.1, 0.15) is 6.54 Å². The highest BCUT2D eigenvalue weighted by Crippen LogP contribution is 2.03. The largest absolute Gasteiger partial charge is 0.353 e. The van der Waals surface area contributed by atoms with Crippen LogP contribution in [-0.2, 0) is 16.1 Å². The van der Waals surface area contributed by atoms with Crippen molar-refractivity contribution < 1.29 is 9.59 Å². The zero-order chi connectivity index (χ0) is 15.1. The molecular formula is C12H22N6O2. The third kappa shape index (κ3) is 5.79. The molecule has 0 fully saturated rings. The fraction of sp³-hybridized carbons (Fsp3) is 0.667. The third-order valence-corrected chi connectivity index (χ3v) is 2.50. The molecule has 1 rings (SSSR count). The van der Waals surface area contributed by atoms with Crippen LogP contribution in [0.5, 0.6) is 0 Å². The maximum Gasteiger partial charge on any atom is 0.241 e. The number of carbonyl (C=O) groups excluding carboxylic acids is 2. The monoisotopic (exact) mass is 282 g/mol. The smallest absolute Gasteiger partial charge is 0.241 e. The van der Waals surface area contributed by atoms with Gasteiger partial charge in [-0.3, -0.25) is 9.59 Å². The molecule has 2 amide bonds. The van der Waals surface area contributed by atoms with E-state index in [1.165, 1.54) is 10.9 Å². The molecule has 20 heavy (non-hydrogen) atoms. The molecule has 0 aliphatic heterocycles. The molecular weight excluding hydrogens is 260 g/mol. The van der Waals surface area contributed by atoms with Crippen molar-refractivity contribution in [3.8, 4) is 0 Å². The molecule has 0 spiro atoms. The second-order valence-corrected chi connectivity index (χ2v) is 5.10. The van der Waals surface area contributed by atoms with Gasteiger partial charge >= 0.3 is 0 Å². The van der Waals surface area contributed by atoms with Gasteiger partial charge in [-0.05, 0) is 14.1 Å². The molecule has 1 heterocycles. The number of hydrogen-bond acceptors (Lipinski definition) is 5. The first kappa shape index (κ1) is 16.1. The van der Waals surface area contributed by atoms with Gasteiger partial charge in [-0.2, -0.15) is 0 Å². The van der Waals surface area contributed by atoms with E-state index in [2.05, 4.69) is 20.9 Å². The summed E-state index contributed by atoms with van der Waals surface area (Å²) < 4.78 is 1.39. The zero-order valence-electron chi connectivity index (χ0n) is 12.4. The van der Waals surface area contributed by atoms with Crippen LogP contribution in [0.2, 0.25) is 0 Å². The van der Waals surface area contributed by atoms with E-state index in [0.29, 0.717) is 12.4 Å². The van der Waals surface area contributed by atoms with Crippen LogP contribution in [0, 0.1) is 5.92 Å². The second kappa shape index (κ2) is 7.59. The minimum atomic E-state index is -0.140. The van der Waals surface area contributed by atoms with Crippen molar-refractivity contribution in [2.45, 2.75) is 20.4 Å². The molecule has 0 aliphatic carbocycles. The summed E-state index contributed by atoms with van der Waals surface area (Å²) in [6.07, 6.45) is 1.53. The number of aromatic nitrogens is 3. The highest BCUT2D eigenvalue weighted by molar-refractivity contribution is 5.90. The van der Waals surface area contributed by atoms with Gasteiger partial charge < -0.3 is 15.5 Å². The lowest BCUT2D eigenvalue weighted by Gasteiger charge is -2.10. The molecule has 0 saturated heterocycles. The van der Waals surface area contributed by atoms with Gasteiger partial charge in [-0.25, -0.2) is 4.68 Å². The zero-order valence-corrected chi connectivity index (χ0v) is 12.4. The highest BCUT2D eigenvalue weighted by Gasteiger charge is 2.10. The topological polar surface area (TPSA) is 92.2 Å². The molecule has 8 heteroatoms. The Morgan fingerprint density at radius 2 is 2.10 bits per heavy atom. The van der Waals surface area contributed by atoms with Crippen LogP contribution < -0.4 is 10.6 Å². The fourth-order valence-electron chi connectivity index (χ4n) is 1.33. The molecule has 0 unspecified atom stereocenters. The van der Waals surface area contributed by atoms with Gasteiger partial charge in [0.05, 0.1) is 6.20 Å². The molecule has 112 valence electrons. The maximum atomic E-state index is 11.6. The lowest BCUT2D eigenvalue weighted by atomic mass is 10.2. The first-order valence-electron chi connectivity index (χ1n) is 6.51. The number of hydrogen-bond donors (Lipinski definition) is 2. The number of rotatable bonds is 7. The van der Waals surface area contributed by atoms with E-state index in [4.69, 9.17) is 0 Å². The first-order chi connectivity index (χ1) is 9.38. The minimum absolute atomic E-state index is 0.0813. The first-order valence-corrected chi connectivity index (χ1v) is 6.51. The number of anilines is 1. The summed E-state index contributed by atoms with van der Waals surface area (Å²) in [7, 11) is 3.88. The van der Waals surface area contributed by atoms with Gasteiger partial charge in [0, 0.05) is 19.0 Å². The highest BCUT2D eigenvalue weighted by atomic mass is 16.2. The Morgan fingerprint density at radius 3 is 2.70 bits per heavy atom. The van der Waals surface area contributed by atoms with Gasteiger partial charge in [-0.15, -0.1) is 5.10 Å². The summed E-state index contributed by atoms with van der Waals surface area (Å²) in [6, 6.07) is 0. The van der Waals surface area contributed by atoms with Crippen molar-refractivity contribution in [2.24, 2.45) is 5.92 Å². The summed E-state index contributed by atoms with van der Waals surface area (Å²) in [6.45, 7) is 5.02. The number of amides is 2.